The number of carbonyl (C=O) groups is 2. The van der Waals surface area contributed by atoms with Gasteiger partial charge in [0.15, 0.2) is 0 Å². The first-order valence-corrected chi connectivity index (χ1v) is 17.6. The number of amides is 2. The van der Waals surface area contributed by atoms with E-state index in [2.05, 4.69) is 5.32 Å². The van der Waals surface area contributed by atoms with Gasteiger partial charge in [0, 0.05) is 35.1 Å². The summed E-state index contributed by atoms with van der Waals surface area (Å²) in [6.45, 7) is 4.60. The third kappa shape index (κ3) is 9.77. The van der Waals surface area contributed by atoms with Crippen molar-refractivity contribution in [3.05, 3.63) is 129 Å². The molecule has 1 N–H and O–H groups in total. The van der Waals surface area contributed by atoms with Crippen LogP contribution in [0.2, 0.25) is 10.0 Å². The number of sulfonamides is 1. The maximum absolute atomic E-state index is 14.6. The van der Waals surface area contributed by atoms with Crippen molar-refractivity contribution in [1.29, 1.82) is 0 Å². The van der Waals surface area contributed by atoms with E-state index in [1.165, 1.54) is 23.1 Å². The Bertz CT molecular complexity index is 1850. The molecule has 0 aliphatic heterocycles. The van der Waals surface area contributed by atoms with Crippen LogP contribution in [0.1, 0.15) is 36.1 Å². The summed E-state index contributed by atoms with van der Waals surface area (Å²) in [5.74, 6) is -1.31. The monoisotopic (exact) mass is 733 g/mol. The lowest BCUT2D eigenvalue weighted by Crippen LogP contribution is -2.53. The molecular weight excluding hydrogens is 698 g/mol. The molecule has 0 spiro atoms. The first-order chi connectivity index (χ1) is 23.1. The van der Waals surface area contributed by atoms with E-state index in [9.17, 15) is 31.2 Å². The van der Waals surface area contributed by atoms with E-state index < -0.39 is 46.2 Å². The summed E-state index contributed by atoms with van der Waals surface area (Å²) >= 11 is 13.0. The predicted molar refractivity (Wildman–Crippen MR) is 186 cm³/mol. The number of hydrogen-bond acceptors (Lipinski definition) is 4. The molecule has 0 aliphatic carbocycles. The van der Waals surface area contributed by atoms with Crippen molar-refractivity contribution in [2.24, 2.45) is 5.92 Å². The molecule has 0 saturated carbocycles. The fourth-order valence-corrected chi connectivity index (χ4v) is 6.96. The molecular formula is C36H36Cl2F3N3O4S. The van der Waals surface area contributed by atoms with Crippen molar-refractivity contribution in [1.82, 2.24) is 10.2 Å². The number of alkyl halides is 3. The van der Waals surface area contributed by atoms with Crippen LogP contribution in [0.15, 0.2) is 102 Å². The van der Waals surface area contributed by atoms with Gasteiger partial charge < -0.3 is 10.2 Å². The minimum atomic E-state index is -4.79. The van der Waals surface area contributed by atoms with Gasteiger partial charge in [0.25, 0.3) is 10.0 Å². The Kier molecular flexibility index (Phi) is 12.4. The number of nitrogens with one attached hydrogen (secondary N) is 1. The summed E-state index contributed by atoms with van der Waals surface area (Å²) in [7, 11) is -4.61. The number of halogens is 5. The van der Waals surface area contributed by atoms with Crippen LogP contribution >= 0.6 is 23.2 Å². The number of carbonyl (C=O) groups excluding carboxylic acids is 2. The highest BCUT2D eigenvalue weighted by Crippen LogP contribution is 2.34. The van der Waals surface area contributed by atoms with Gasteiger partial charge in [-0.25, -0.2) is 8.42 Å². The normalized spacial score (nSPS) is 12.4. The van der Waals surface area contributed by atoms with Crippen LogP contribution in [0.4, 0.5) is 18.9 Å². The molecule has 7 nitrogen and oxygen atoms in total. The van der Waals surface area contributed by atoms with Gasteiger partial charge >= 0.3 is 6.18 Å². The third-order valence-electron chi connectivity index (χ3n) is 7.70. The minimum Gasteiger partial charge on any atom is -0.354 e. The second-order valence-electron chi connectivity index (χ2n) is 11.9. The van der Waals surface area contributed by atoms with Gasteiger partial charge in [0.05, 0.1) is 16.1 Å². The number of aryl methyl sites for hydroxylation is 1. The summed E-state index contributed by atoms with van der Waals surface area (Å²) in [6.07, 6.45) is -4.76. The average molecular weight is 735 g/mol. The zero-order chi connectivity index (χ0) is 35.9. The molecule has 4 aromatic carbocycles. The first-order valence-electron chi connectivity index (χ1n) is 15.4. The van der Waals surface area contributed by atoms with E-state index in [-0.39, 0.29) is 46.1 Å². The molecule has 0 aliphatic rings. The molecule has 260 valence electrons. The van der Waals surface area contributed by atoms with Crippen LogP contribution in [0, 0.1) is 12.8 Å². The maximum Gasteiger partial charge on any atom is 0.416 e. The zero-order valence-electron chi connectivity index (χ0n) is 27.0. The van der Waals surface area contributed by atoms with Crippen molar-refractivity contribution in [2.45, 2.75) is 50.9 Å². The fraction of sp³-hybridized carbons (Fsp3) is 0.278. The van der Waals surface area contributed by atoms with Gasteiger partial charge in [0.1, 0.15) is 12.6 Å². The molecule has 13 heteroatoms. The number of rotatable bonds is 13. The Labute approximate surface area is 294 Å². The Morgan fingerprint density at radius 2 is 1.47 bits per heavy atom. The molecule has 4 aromatic rings. The summed E-state index contributed by atoms with van der Waals surface area (Å²) < 4.78 is 70.4. The second kappa shape index (κ2) is 16.1. The second-order valence-corrected chi connectivity index (χ2v) is 14.6. The van der Waals surface area contributed by atoms with Gasteiger partial charge in [-0.1, -0.05) is 97.2 Å². The van der Waals surface area contributed by atoms with Crippen LogP contribution in [0.5, 0.6) is 0 Å². The van der Waals surface area contributed by atoms with Crippen molar-refractivity contribution in [2.75, 3.05) is 17.4 Å². The smallest absolute Gasteiger partial charge is 0.354 e. The first kappa shape index (κ1) is 37.8. The molecule has 0 radical (unpaired) electrons. The van der Waals surface area contributed by atoms with Crippen molar-refractivity contribution in [3.8, 4) is 0 Å². The fourth-order valence-electron chi connectivity index (χ4n) is 5.03. The maximum atomic E-state index is 14.6. The van der Waals surface area contributed by atoms with Crippen LogP contribution < -0.4 is 9.62 Å². The summed E-state index contributed by atoms with van der Waals surface area (Å²) in [5.41, 5.74) is 0.275. The standard InChI is InChI=1S/C36H36Cl2F3N3O4S/c1-24(2)21-42-35(46)33(19-26-9-5-4-6-10-26)43(22-30-31(37)13-8-14-32(30)38)34(45)23-44(28-12-7-11-27(20-28)36(39,40)41)49(47,48)29-17-15-25(3)16-18-29/h4-18,20,24,33H,19,21-23H2,1-3H3,(H,42,46). The molecule has 1 unspecified atom stereocenters. The number of nitrogens with zero attached hydrogens (tertiary/aromatic N) is 2. The highest BCUT2D eigenvalue weighted by molar-refractivity contribution is 7.92. The Morgan fingerprint density at radius 3 is 2.06 bits per heavy atom. The molecule has 49 heavy (non-hydrogen) atoms. The number of hydrogen-bond donors (Lipinski definition) is 1. The quantitative estimate of drug-likeness (QED) is 0.151. The highest BCUT2D eigenvalue weighted by Gasteiger charge is 2.37. The lowest BCUT2D eigenvalue weighted by molar-refractivity contribution is -0.140. The Morgan fingerprint density at radius 1 is 0.857 bits per heavy atom. The van der Waals surface area contributed by atoms with Crippen LogP contribution in [-0.2, 0) is 38.8 Å². The topological polar surface area (TPSA) is 86.8 Å². The van der Waals surface area contributed by atoms with E-state index in [0.717, 1.165) is 17.7 Å². The highest BCUT2D eigenvalue weighted by atomic mass is 35.5. The van der Waals surface area contributed by atoms with Crippen LogP contribution in [0.25, 0.3) is 0 Å². The van der Waals surface area contributed by atoms with Crippen LogP contribution in [0.3, 0.4) is 0 Å². The SMILES string of the molecule is Cc1ccc(S(=O)(=O)N(CC(=O)N(Cc2c(Cl)cccc2Cl)C(Cc2ccccc2)C(=O)NCC(C)C)c2cccc(C(F)(F)F)c2)cc1. The molecule has 1 atom stereocenters. The lowest BCUT2D eigenvalue weighted by atomic mass is 10.0. The van der Waals surface area contributed by atoms with Gasteiger partial charge in [0.2, 0.25) is 11.8 Å². The third-order valence-corrected chi connectivity index (χ3v) is 10.2. The lowest BCUT2D eigenvalue weighted by Gasteiger charge is -2.34. The van der Waals surface area contributed by atoms with E-state index in [1.807, 2.05) is 13.8 Å². The van der Waals surface area contributed by atoms with E-state index in [1.54, 1.807) is 67.6 Å². The Hall–Kier alpha value is -4.06. The van der Waals surface area contributed by atoms with E-state index >= 15 is 0 Å². The van der Waals surface area contributed by atoms with E-state index in [0.29, 0.717) is 21.5 Å². The molecule has 4 rings (SSSR count). The summed E-state index contributed by atoms with van der Waals surface area (Å²) in [6, 6.07) is 21.9. The largest absolute Gasteiger partial charge is 0.416 e. The number of benzene rings is 4. The molecule has 0 bridgehead atoms. The van der Waals surface area contributed by atoms with Crippen molar-refractivity contribution >= 4 is 50.7 Å². The van der Waals surface area contributed by atoms with Crippen molar-refractivity contribution in [3.63, 3.8) is 0 Å². The minimum absolute atomic E-state index is 0.0346. The zero-order valence-corrected chi connectivity index (χ0v) is 29.4. The molecule has 0 aromatic heterocycles. The molecule has 2 amide bonds. The molecule has 0 heterocycles. The van der Waals surface area contributed by atoms with E-state index in [4.69, 9.17) is 23.2 Å². The van der Waals surface area contributed by atoms with Gasteiger partial charge in [-0.2, -0.15) is 13.2 Å². The average Bonchev–Trinajstić information content (AvgIpc) is 3.05. The van der Waals surface area contributed by atoms with Gasteiger partial charge in [-0.3, -0.25) is 13.9 Å². The van der Waals surface area contributed by atoms with Crippen molar-refractivity contribution < 1.29 is 31.2 Å². The predicted octanol–water partition coefficient (Wildman–Crippen LogP) is 7.93. The van der Waals surface area contributed by atoms with Gasteiger partial charge in [-0.15, -0.1) is 0 Å². The summed E-state index contributed by atoms with van der Waals surface area (Å²) in [4.78, 5) is 29.4. The number of anilines is 1. The van der Waals surface area contributed by atoms with Crippen LogP contribution in [-0.4, -0.2) is 44.3 Å². The van der Waals surface area contributed by atoms with Gasteiger partial charge in [-0.05, 0) is 60.9 Å². The molecule has 0 fully saturated rings. The summed E-state index contributed by atoms with van der Waals surface area (Å²) in [5, 5.41) is 3.27. The molecule has 0 saturated heterocycles. The Balaban J connectivity index is 1.87.